The highest BCUT2D eigenvalue weighted by atomic mass is 32.2. The first-order valence-corrected chi connectivity index (χ1v) is 13.2. The summed E-state index contributed by atoms with van der Waals surface area (Å²) in [5.74, 6) is 5.90. The van der Waals surface area contributed by atoms with Crippen LogP contribution in [0.2, 0.25) is 0 Å². The number of hydrogen-bond acceptors (Lipinski definition) is 7. The first-order valence-electron chi connectivity index (χ1n) is 10.1. The summed E-state index contributed by atoms with van der Waals surface area (Å²) in [6.45, 7) is 3.90. The monoisotopic (exact) mass is 492 g/mol. The highest BCUT2D eigenvalue weighted by Gasteiger charge is 2.34. The lowest BCUT2D eigenvalue weighted by molar-refractivity contribution is 0.209. The molecule has 1 amide bonds. The van der Waals surface area contributed by atoms with Crippen LogP contribution in [0.3, 0.4) is 0 Å². The molecule has 33 heavy (non-hydrogen) atoms. The van der Waals surface area contributed by atoms with Crippen molar-refractivity contribution >= 4 is 37.5 Å². The van der Waals surface area contributed by atoms with Gasteiger partial charge < -0.3 is 10.0 Å². The van der Waals surface area contributed by atoms with E-state index in [1.807, 2.05) is 4.90 Å². The maximum Gasteiger partial charge on any atom is 0.410 e. The van der Waals surface area contributed by atoms with Crippen LogP contribution in [0.25, 0.3) is 0 Å². The summed E-state index contributed by atoms with van der Waals surface area (Å²) in [7, 11) is -7.19. The molecular formula is C21H24N4O6S2. The van der Waals surface area contributed by atoms with Gasteiger partial charge in [0.2, 0.25) is 10.0 Å². The number of rotatable bonds is 6. The minimum atomic E-state index is -3.87. The van der Waals surface area contributed by atoms with E-state index in [1.54, 1.807) is 38.1 Å². The van der Waals surface area contributed by atoms with Gasteiger partial charge in [0.25, 0.3) is 0 Å². The Morgan fingerprint density at radius 2 is 1.79 bits per heavy atom. The number of piperazine rings is 1. The zero-order valence-electron chi connectivity index (χ0n) is 18.1. The first-order chi connectivity index (χ1) is 15.6. The molecular weight excluding hydrogens is 468 g/mol. The summed E-state index contributed by atoms with van der Waals surface area (Å²) in [6, 6.07) is 8.65. The van der Waals surface area contributed by atoms with Gasteiger partial charge in [0.15, 0.2) is 9.84 Å². The molecule has 0 radical (unpaired) electrons. The van der Waals surface area contributed by atoms with E-state index in [0.717, 1.165) is 11.9 Å². The molecule has 12 heteroatoms. The number of hydrogen-bond donors (Lipinski definition) is 2. The molecule has 1 aromatic heterocycles. The normalized spacial score (nSPS) is 17.2. The van der Waals surface area contributed by atoms with Gasteiger partial charge in [-0.2, -0.15) is 4.31 Å². The minimum absolute atomic E-state index is 0.00895. The van der Waals surface area contributed by atoms with Gasteiger partial charge in [-0.15, -0.1) is 5.92 Å². The lowest BCUT2D eigenvalue weighted by atomic mass is 10.1. The van der Waals surface area contributed by atoms with Crippen molar-refractivity contribution in [2.24, 2.45) is 0 Å². The van der Waals surface area contributed by atoms with E-state index in [2.05, 4.69) is 22.1 Å². The number of nitrogens with one attached hydrogen (secondary N) is 1. The summed E-state index contributed by atoms with van der Waals surface area (Å²) in [5, 5.41) is 10.8. The fourth-order valence-corrected chi connectivity index (χ4v) is 5.72. The van der Waals surface area contributed by atoms with Crippen LogP contribution in [-0.2, 0) is 19.9 Å². The predicted octanol–water partition coefficient (Wildman–Crippen LogP) is 1.87. The molecule has 1 saturated heterocycles. The van der Waals surface area contributed by atoms with Crippen LogP contribution in [-0.4, -0.2) is 68.8 Å². The third kappa shape index (κ3) is 5.44. The average Bonchev–Trinajstić information content (AvgIpc) is 2.79. The maximum atomic E-state index is 13.1. The Balaban J connectivity index is 1.81. The Bertz CT molecular complexity index is 1280. The second-order valence-corrected chi connectivity index (χ2v) is 11.4. The second kappa shape index (κ2) is 9.78. The number of anilines is 2. The number of carbonyl (C=O) groups is 1. The van der Waals surface area contributed by atoms with Crippen molar-refractivity contribution in [1.29, 1.82) is 0 Å². The predicted molar refractivity (Wildman–Crippen MR) is 123 cm³/mol. The molecule has 1 fully saturated rings. The fourth-order valence-electron chi connectivity index (χ4n) is 3.45. The van der Waals surface area contributed by atoms with E-state index in [-0.39, 0.29) is 34.5 Å². The smallest absolute Gasteiger partial charge is 0.410 e. The summed E-state index contributed by atoms with van der Waals surface area (Å²) in [4.78, 5) is 16.7. The third-order valence-electron chi connectivity index (χ3n) is 5.17. The lowest BCUT2D eigenvalue weighted by Gasteiger charge is -2.39. The van der Waals surface area contributed by atoms with E-state index in [4.69, 9.17) is 5.11 Å². The van der Waals surface area contributed by atoms with Gasteiger partial charge in [-0.25, -0.2) is 26.6 Å². The number of sulfonamides is 1. The zero-order chi connectivity index (χ0) is 24.2. The largest absolute Gasteiger partial charge is 0.465 e. The van der Waals surface area contributed by atoms with E-state index >= 15 is 0 Å². The number of pyridine rings is 1. The van der Waals surface area contributed by atoms with Crippen molar-refractivity contribution in [1.82, 2.24) is 9.29 Å². The molecule has 1 aliphatic heterocycles. The Kier molecular flexibility index (Phi) is 7.26. The van der Waals surface area contributed by atoms with Crippen LogP contribution in [0.15, 0.2) is 52.4 Å². The second-order valence-electron chi connectivity index (χ2n) is 7.17. The van der Waals surface area contributed by atoms with E-state index in [0.29, 0.717) is 6.54 Å². The van der Waals surface area contributed by atoms with Crippen molar-refractivity contribution in [3.8, 4) is 11.8 Å². The van der Waals surface area contributed by atoms with Crippen LogP contribution in [0.4, 0.5) is 16.3 Å². The van der Waals surface area contributed by atoms with Crippen molar-refractivity contribution in [2.45, 2.75) is 29.7 Å². The van der Waals surface area contributed by atoms with E-state index in [1.165, 1.54) is 16.4 Å². The molecule has 1 atom stereocenters. The maximum absolute atomic E-state index is 13.1. The van der Waals surface area contributed by atoms with Crippen LogP contribution in [0, 0.1) is 11.8 Å². The van der Waals surface area contributed by atoms with Gasteiger partial charge >= 0.3 is 6.09 Å². The summed E-state index contributed by atoms with van der Waals surface area (Å²) < 4.78 is 51.7. The highest BCUT2D eigenvalue weighted by molar-refractivity contribution is 7.91. The van der Waals surface area contributed by atoms with E-state index in [9.17, 15) is 21.6 Å². The molecule has 0 bridgehead atoms. The summed E-state index contributed by atoms with van der Waals surface area (Å²) in [5.41, 5.74) is 0.751. The first kappa shape index (κ1) is 24.5. The molecule has 0 spiro atoms. The van der Waals surface area contributed by atoms with Gasteiger partial charge in [-0.05, 0) is 43.3 Å². The number of aromatic nitrogens is 1. The standard InChI is InChI=1S/C21H24N4O6S2/c1-3-5-17-15-24(33(30,31)19-10-11-20(22-14-19)23-21(26)27)12-13-25(17)16-6-8-18(9-7-16)32(28,29)4-2/h6-11,14,17H,4,12-13,15H2,1-2H3,(H,22,23)(H,26,27)/t17-/m0/s1. The number of carboxylic acid groups (broad SMARTS) is 1. The summed E-state index contributed by atoms with van der Waals surface area (Å²) >= 11 is 0. The molecule has 0 saturated carbocycles. The third-order valence-corrected chi connectivity index (χ3v) is 8.77. The number of sulfone groups is 1. The van der Waals surface area contributed by atoms with Crippen molar-refractivity contribution in [3.05, 3.63) is 42.6 Å². The van der Waals surface area contributed by atoms with Gasteiger partial charge in [-0.1, -0.05) is 12.8 Å². The molecule has 176 valence electrons. The summed E-state index contributed by atoms with van der Waals surface area (Å²) in [6.07, 6.45) is -0.184. The van der Waals surface area contributed by atoms with Gasteiger partial charge in [-0.3, -0.25) is 5.32 Å². The van der Waals surface area contributed by atoms with Crippen molar-refractivity contribution in [3.63, 3.8) is 0 Å². The molecule has 1 aromatic carbocycles. The van der Waals surface area contributed by atoms with Gasteiger partial charge in [0, 0.05) is 31.5 Å². The lowest BCUT2D eigenvalue weighted by Crippen LogP contribution is -2.54. The average molecular weight is 493 g/mol. The molecule has 2 aromatic rings. The molecule has 2 N–H and O–H groups in total. The molecule has 0 unspecified atom stereocenters. The van der Waals surface area contributed by atoms with Crippen LogP contribution in [0.1, 0.15) is 13.8 Å². The van der Waals surface area contributed by atoms with E-state index < -0.39 is 32.0 Å². The van der Waals surface area contributed by atoms with Crippen molar-refractivity contribution < 1.29 is 26.7 Å². The van der Waals surface area contributed by atoms with Crippen LogP contribution < -0.4 is 10.2 Å². The quantitative estimate of drug-likeness (QED) is 0.583. The molecule has 10 nitrogen and oxygen atoms in total. The fraction of sp³-hybridized carbons (Fsp3) is 0.333. The minimum Gasteiger partial charge on any atom is -0.465 e. The number of benzene rings is 1. The number of nitrogens with zero attached hydrogens (tertiary/aromatic N) is 3. The molecule has 3 rings (SSSR count). The molecule has 2 heterocycles. The van der Waals surface area contributed by atoms with Gasteiger partial charge in [0.1, 0.15) is 16.8 Å². The van der Waals surface area contributed by atoms with Gasteiger partial charge in [0.05, 0.1) is 10.6 Å². The Hall–Kier alpha value is -3.14. The topological polar surface area (TPSA) is 137 Å². The van der Waals surface area contributed by atoms with Crippen LogP contribution in [0.5, 0.6) is 0 Å². The Morgan fingerprint density at radius 1 is 1.12 bits per heavy atom. The number of amides is 1. The SMILES string of the molecule is CC#C[C@H]1CN(S(=O)(=O)c2ccc(NC(=O)O)nc2)CCN1c1ccc(S(=O)(=O)CC)cc1. The molecule has 1 aliphatic rings. The highest BCUT2D eigenvalue weighted by Crippen LogP contribution is 2.26. The van der Waals surface area contributed by atoms with Crippen LogP contribution >= 0.6 is 0 Å². The van der Waals surface area contributed by atoms with Crippen molar-refractivity contribution in [2.75, 3.05) is 35.6 Å². The Labute approximate surface area is 193 Å². The molecule has 0 aliphatic carbocycles. The zero-order valence-corrected chi connectivity index (χ0v) is 19.7. The Morgan fingerprint density at radius 3 is 2.33 bits per heavy atom.